The predicted octanol–water partition coefficient (Wildman–Crippen LogP) is 2.81. The first-order valence-electron chi connectivity index (χ1n) is 9.34. The van der Waals surface area contributed by atoms with Crippen LogP contribution in [0.15, 0.2) is 18.2 Å². The Kier molecular flexibility index (Phi) is 7.26. The van der Waals surface area contributed by atoms with Crippen LogP contribution in [0.25, 0.3) is 0 Å². The zero-order valence-electron chi connectivity index (χ0n) is 16.3. The molecule has 2 atom stereocenters. The van der Waals surface area contributed by atoms with Crippen molar-refractivity contribution >= 4 is 5.91 Å². The van der Waals surface area contributed by atoms with E-state index in [9.17, 15) is 4.79 Å². The van der Waals surface area contributed by atoms with Crippen LogP contribution in [0.3, 0.4) is 0 Å². The van der Waals surface area contributed by atoms with E-state index in [-0.39, 0.29) is 5.91 Å². The molecule has 2 unspecified atom stereocenters. The lowest BCUT2D eigenvalue weighted by Gasteiger charge is -2.21. The Balaban J connectivity index is 1.66. The molecule has 5 nitrogen and oxygen atoms in total. The Labute approximate surface area is 152 Å². The second kappa shape index (κ2) is 9.20. The van der Waals surface area contributed by atoms with Gasteiger partial charge in [0.2, 0.25) is 5.91 Å². The van der Waals surface area contributed by atoms with Gasteiger partial charge < -0.3 is 9.64 Å². The molecule has 1 aromatic rings. The molecule has 0 bridgehead atoms. The van der Waals surface area contributed by atoms with Crippen molar-refractivity contribution in [2.75, 3.05) is 20.2 Å². The van der Waals surface area contributed by atoms with E-state index in [0.29, 0.717) is 31.0 Å². The standard InChI is InChI=1S/C20H33N3O2/c1-14-8-6-9-19(15(14)2)25-13-7-12-23(5)20(24)11-10-18-16(3)21-22-17(18)4/h6,8-9,16-18,21-22H,7,10-13H2,1-5H3. The fourth-order valence-corrected chi connectivity index (χ4v) is 3.38. The van der Waals surface area contributed by atoms with Crippen LogP contribution in [0.4, 0.5) is 0 Å². The molecule has 2 rings (SSSR count). The zero-order valence-corrected chi connectivity index (χ0v) is 16.3. The second-order valence-electron chi connectivity index (χ2n) is 7.28. The fourth-order valence-electron chi connectivity index (χ4n) is 3.38. The molecule has 0 saturated carbocycles. The third-order valence-electron chi connectivity index (χ3n) is 5.39. The van der Waals surface area contributed by atoms with Crippen LogP contribution in [0.2, 0.25) is 0 Å². The van der Waals surface area contributed by atoms with Gasteiger partial charge in [-0.1, -0.05) is 12.1 Å². The summed E-state index contributed by atoms with van der Waals surface area (Å²) in [6, 6.07) is 6.94. The quantitative estimate of drug-likeness (QED) is 0.710. The molecule has 5 heteroatoms. The first-order valence-corrected chi connectivity index (χ1v) is 9.34. The van der Waals surface area contributed by atoms with Crippen molar-refractivity contribution < 1.29 is 9.53 Å². The predicted molar refractivity (Wildman–Crippen MR) is 102 cm³/mol. The summed E-state index contributed by atoms with van der Waals surface area (Å²) in [5.74, 6) is 1.67. The van der Waals surface area contributed by atoms with E-state index in [2.05, 4.69) is 44.6 Å². The molecule has 0 radical (unpaired) electrons. The van der Waals surface area contributed by atoms with E-state index in [1.807, 2.05) is 24.1 Å². The van der Waals surface area contributed by atoms with Gasteiger partial charge in [-0.2, -0.15) is 0 Å². The van der Waals surface area contributed by atoms with Gasteiger partial charge in [0.1, 0.15) is 5.75 Å². The normalized spacial score (nSPS) is 22.8. The highest BCUT2D eigenvalue weighted by Gasteiger charge is 2.29. The Morgan fingerprint density at radius 2 is 1.88 bits per heavy atom. The molecule has 0 aliphatic carbocycles. The summed E-state index contributed by atoms with van der Waals surface area (Å²) in [6.07, 6.45) is 2.37. The van der Waals surface area contributed by atoms with E-state index < -0.39 is 0 Å². The third-order valence-corrected chi connectivity index (χ3v) is 5.39. The van der Waals surface area contributed by atoms with Gasteiger partial charge in [0.25, 0.3) is 0 Å². The number of hydrazine groups is 1. The maximum absolute atomic E-state index is 12.3. The van der Waals surface area contributed by atoms with E-state index in [1.165, 1.54) is 11.1 Å². The van der Waals surface area contributed by atoms with Crippen LogP contribution in [-0.4, -0.2) is 43.1 Å². The minimum Gasteiger partial charge on any atom is -0.493 e. The summed E-state index contributed by atoms with van der Waals surface area (Å²) >= 11 is 0. The largest absolute Gasteiger partial charge is 0.493 e. The van der Waals surface area contributed by atoms with Gasteiger partial charge in [0, 0.05) is 32.1 Å². The van der Waals surface area contributed by atoms with Crippen LogP contribution in [0, 0.1) is 19.8 Å². The summed E-state index contributed by atoms with van der Waals surface area (Å²) in [5, 5.41) is 0. The molecule has 0 aromatic heterocycles. The van der Waals surface area contributed by atoms with E-state index in [1.54, 1.807) is 0 Å². The van der Waals surface area contributed by atoms with Crippen molar-refractivity contribution in [1.82, 2.24) is 15.8 Å². The molecular formula is C20H33N3O2. The molecule has 1 aliphatic heterocycles. The number of hydrogen-bond acceptors (Lipinski definition) is 4. The van der Waals surface area contributed by atoms with Crippen LogP contribution < -0.4 is 15.6 Å². The second-order valence-corrected chi connectivity index (χ2v) is 7.28. The first-order chi connectivity index (χ1) is 11.9. The van der Waals surface area contributed by atoms with Crippen LogP contribution in [0.5, 0.6) is 5.75 Å². The molecule has 1 heterocycles. The first kappa shape index (κ1) is 19.7. The molecule has 1 saturated heterocycles. The highest BCUT2D eigenvalue weighted by molar-refractivity contribution is 5.75. The van der Waals surface area contributed by atoms with Gasteiger partial charge in [0.05, 0.1) is 6.61 Å². The van der Waals surface area contributed by atoms with Gasteiger partial charge in [-0.25, -0.2) is 0 Å². The number of carbonyl (C=O) groups excluding carboxylic acids is 1. The number of ether oxygens (including phenoxy) is 1. The van der Waals surface area contributed by atoms with E-state index in [0.717, 1.165) is 25.1 Å². The van der Waals surface area contributed by atoms with Crippen LogP contribution in [0.1, 0.15) is 44.2 Å². The monoisotopic (exact) mass is 347 g/mol. The number of benzene rings is 1. The Hall–Kier alpha value is -1.59. The summed E-state index contributed by atoms with van der Waals surface area (Å²) < 4.78 is 5.86. The lowest BCUT2D eigenvalue weighted by Crippen LogP contribution is -2.31. The SMILES string of the molecule is Cc1cccc(OCCCN(C)C(=O)CCC2C(C)NNC2C)c1C. The molecule has 0 spiro atoms. The van der Waals surface area contributed by atoms with Gasteiger partial charge in [0.15, 0.2) is 0 Å². The van der Waals surface area contributed by atoms with Crippen molar-refractivity contribution in [3.8, 4) is 5.75 Å². The Bertz CT molecular complexity index is 566. The summed E-state index contributed by atoms with van der Waals surface area (Å²) in [7, 11) is 1.89. The number of carbonyl (C=O) groups is 1. The zero-order chi connectivity index (χ0) is 18.4. The molecule has 25 heavy (non-hydrogen) atoms. The van der Waals surface area contributed by atoms with Crippen molar-refractivity contribution in [1.29, 1.82) is 0 Å². The Morgan fingerprint density at radius 3 is 2.56 bits per heavy atom. The van der Waals surface area contributed by atoms with Crippen molar-refractivity contribution in [3.63, 3.8) is 0 Å². The van der Waals surface area contributed by atoms with E-state index >= 15 is 0 Å². The summed E-state index contributed by atoms with van der Waals surface area (Å²) in [6.45, 7) is 9.86. The average Bonchev–Trinajstić information content (AvgIpc) is 2.91. The lowest BCUT2D eigenvalue weighted by molar-refractivity contribution is -0.130. The third kappa shape index (κ3) is 5.44. The Morgan fingerprint density at radius 1 is 1.20 bits per heavy atom. The number of nitrogens with one attached hydrogen (secondary N) is 2. The highest BCUT2D eigenvalue weighted by Crippen LogP contribution is 2.21. The van der Waals surface area contributed by atoms with Gasteiger partial charge in [-0.3, -0.25) is 15.6 Å². The minimum atomic E-state index is 0.220. The molecular weight excluding hydrogens is 314 g/mol. The topological polar surface area (TPSA) is 53.6 Å². The molecule has 2 N–H and O–H groups in total. The lowest BCUT2D eigenvalue weighted by atomic mass is 9.91. The molecule has 1 amide bonds. The summed E-state index contributed by atoms with van der Waals surface area (Å²) in [4.78, 5) is 14.2. The average molecular weight is 348 g/mol. The minimum absolute atomic E-state index is 0.220. The van der Waals surface area contributed by atoms with Crippen molar-refractivity contribution in [2.24, 2.45) is 5.92 Å². The number of amides is 1. The molecule has 140 valence electrons. The number of aryl methyl sites for hydroxylation is 1. The van der Waals surface area contributed by atoms with Gasteiger partial charge >= 0.3 is 0 Å². The van der Waals surface area contributed by atoms with Crippen LogP contribution in [-0.2, 0) is 4.79 Å². The van der Waals surface area contributed by atoms with E-state index in [4.69, 9.17) is 4.74 Å². The molecule has 1 aromatic carbocycles. The van der Waals surface area contributed by atoms with Gasteiger partial charge in [-0.05, 0) is 63.6 Å². The fraction of sp³-hybridized carbons (Fsp3) is 0.650. The number of rotatable bonds is 8. The number of nitrogens with zero attached hydrogens (tertiary/aromatic N) is 1. The highest BCUT2D eigenvalue weighted by atomic mass is 16.5. The van der Waals surface area contributed by atoms with Crippen molar-refractivity contribution in [2.45, 2.75) is 59.0 Å². The van der Waals surface area contributed by atoms with Crippen LogP contribution >= 0.6 is 0 Å². The molecule has 1 fully saturated rings. The maximum atomic E-state index is 12.3. The smallest absolute Gasteiger partial charge is 0.222 e. The van der Waals surface area contributed by atoms with Crippen molar-refractivity contribution in [3.05, 3.63) is 29.3 Å². The summed E-state index contributed by atoms with van der Waals surface area (Å²) in [5.41, 5.74) is 8.92. The number of hydrogen-bond donors (Lipinski definition) is 2. The molecule has 1 aliphatic rings. The maximum Gasteiger partial charge on any atom is 0.222 e. The van der Waals surface area contributed by atoms with Gasteiger partial charge in [-0.15, -0.1) is 0 Å².